The van der Waals surface area contributed by atoms with Crippen LogP contribution in [0.5, 0.6) is 5.75 Å². The smallest absolute Gasteiger partial charge is 0.209 e. The largest absolute Gasteiger partial charge is 0.506 e. The number of rotatable bonds is 4. The summed E-state index contributed by atoms with van der Waals surface area (Å²) < 4.78 is 1.65. The third-order valence-electron chi connectivity index (χ3n) is 5.14. The summed E-state index contributed by atoms with van der Waals surface area (Å²) >= 11 is 5.81. The van der Waals surface area contributed by atoms with Gasteiger partial charge in [0.15, 0.2) is 0 Å². The molecule has 1 heterocycles. The number of aliphatic imine (C=N–C) groups is 1. The van der Waals surface area contributed by atoms with E-state index in [1.807, 2.05) is 12.1 Å². The molecule has 144 valence electrons. The predicted octanol–water partition coefficient (Wildman–Crippen LogP) is 7.52. The van der Waals surface area contributed by atoms with Gasteiger partial charge in [0, 0.05) is 17.2 Å². The summed E-state index contributed by atoms with van der Waals surface area (Å²) in [5.74, 6) is 1.06. The van der Waals surface area contributed by atoms with Crippen LogP contribution in [-0.2, 0) is 0 Å². The molecule has 3 nitrogen and oxygen atoms in total. The second-order valence-corrected chi connectivity index (χ2v) is 10.2. The SMILES string of the molecule is Oc1c(I)cc(C=Nc2nc(-c3ccc(C4CCCCC4)cc3)cs2)cc1I. The maximum atomic E-state index is 9.88. The number of hydrogen-bond donors (Lipinski definition) is 1. The molecular formula is C22H20I2N2OS. The van der Waals surface area contributed by atoms with Crippen molar-refractivity contribution in [1.29, 1.82) is 0 Å². The lowest BCUT2D eigenvalue weighted by Gasteiger charge is -2.22. The molecule has 1 N–H and O–H groups in total. The van der Waals surface area contributed by atoms with E-state index in [0.29, 0.717) is 5.75 Å². The van der Waals surface area contributed by atoms with Gasteiger partial charge in [-0.15, -0.1) is 11.3 Å². The maximum Gasteiger partial charge on any atom is 0.209 e. The van der Waals surface area contributed by atoms with Gasteiger partial charge in [-0.25, -0.2) is 9.98 Å². The highest BCUT2D eigenvalue weighted by molar-refractivity contribution is 14.1. The van der Waals surface area contributed by atoms with Crippen molar-refractivity contribution in [2.75, 3.05) is 0 Å². The highest BCUT2D eigenvalue weighted by Crippen LogP contribution is 2.34. The van der Waals surface area contributed by atoms with Gasteiger partial charge < -0.3 is 5.11 Å². The van der Waals surface area contributed by atoms with Crippen LogP contribution < -0.4 is 0 Å². The first kappa shape index (κ1) is 20.3. The van der Waals surface area contributed by atoms with Gasteiger partial charge in [-0.2, -0.15) is 0 Å². The molecule has 28 heavy (non-hydrogen) atoms. The zero-order valence-electron chi connectivity index (χ0n) is 15.2. The lowest BCUT2D eigenvalue weighted by molar-refractivity contribution is 0.443. The van der Waals surface area contributed by atoms with E-state index in [1.165, 1.54) is 37.7 Å². The van der Waals surface area contributed by atoms with Crippen LogP contribution in [-0.4, -0.2) is 16.3 Å². The van der Waals surface area contributed by atoms with E-state index in [4.69, 9.17) is 0 Å². The minimum Gasteiger partial charge on any atom is -0.506 e. The van der Waals surface area contributed by atoms with Gasteiger partial charge in [0.25, 0.3) is 0 Å². The van der Waals surface area contributed by atoms with Crippen LogP contribution in [0.15, 0.2) is 46.8 Å². The number of hydrogen-bond acceptors (Lipinski definition) is 4. The van der Waals surface area contributed by atoms with Gasteiger partial charge in [0.05, 0.1) is 12.8 Å². The van der Waals surface area contributed by atoms with Gasteiger partial charge in [-0.3, -0.25) is 0 Å². The highest BCUT2D eigenvalue weighted by atomic mass is 127. The molecule has 1 aromatic heterocycles. The number of benzene rings is 2. The molecule has 1 saturated carbocycles. The predicted molar refractivity (Wildman–Crippen MR) is 134 cm³/mol. The fraction of sp³-hybridized carbons (Fsp3) is 0.273. The summed E-state index contributed by atoms with van der Waals surface area (Å²) in [5, 5.41) is 12.7. The molecule has 0 atom stereocenters. The molecule has 0 spiro atoms. The highest BCUT2D eigenvalue weighted by Gasteiger charge is 2.15. The molecule has 0 saturated heterocycles. The Balaban J connectivity index is 1.48. The Hall–Kier alpha value is -1.000. The molecule has 0 aliphatic heterocycles. The molecular weight excluding hydrogens is 594 g/mol. The van der Waals surface area contributed by atoms with E-state index >= 15 is 0 Å². The maximum absolute atomic E-state index is 9.88. The number of phenols is 1. The van der Waals surface area contributed by atoms with Crippen molar-refractivity contribution in [1.82, 2.24) is 4.98 Å². The zero-order valence-corrected chi connectivity index (χ0v) is 20.4. The van der Waals surface area contributed by atoms with E-state index in [2.05, 4.69) is 84.8 Å². The average Bonchev–Trinajstić information content (AvgIpc) is 3.20. The number of phenolic OH excluding ortho intramolecular Hbond substituents is 1. The third kappa shape index (κ3) is 4.76. The first-order chi connectivity index (χ1) is 13.6. The summed E-state index contributed by atoms with van der Waals surface area (Å²) in [5.41, 5.74) is 4.54. The summed E-state index contributed by atoms with van der Waals surface area (Å²) in [7, 11) is 0. The first-order valence-electron chi connectivity index (χ1n) is 9.38. The van der Waals surface area contributed by atoms with Crippen molar-refractivity contribution in [3.05, 3.63) is 60.0 Å². The van der Waals surface area contributed by atoms with Gasteiger partial charge >= 0.3 is 0 Å². The molecule has 0 radical (unpaired) electrons. The fourth-order valence-electron chi connectivity index (χ4n) is 3.61. The molecule has 0 bridgehead atoms. The van der Waals surface area contributed by atoms with Crippen molar-refractivity contribution in [3.63, 3.8) is 0 Å². The van der Waals surface area contributed by atoms with Crippen molar-refractivity contribution >= 4 is 67.9 Å². The van der Waals surface area contributed by atoms with Crippen LogP contribution in [0.3, 0.4) is 0 Å². The summed E-state index contributed by atoms with van der Waals surface area (Å²) in [6, 6.07) is 12.8. The topological polar surface area (TPSA) is 45.5 Å². The van der Waals surface area contributed by atoms with Crippen LogP contribution in [0, 0.1) is 7.14 Å². The second-order valence-electron chi connectivity index (χ2n) is 7.06. The van der Waals surface area contributed by atoms with Crippen molar-refractivity contribution in [3.8, 4) is 17.0 Å². The average molecular weight is 614 g/mol. The summed E-state index contributed by atoms with van der Waals surface area (Å²) in [6.45, 7) is 0. The molecule has 4 rings (SSSR count). The molecule has 2 aromatic carbocycles. The van der Waals surface area contributed by atoms with Crippen molar-refractivity contribution < 1.29 is 5.11 Å². The van der Waals surface area contributed by atoms with E-state index in [1.54, 1.807) is 17.6 Å². The lowest BCUT2D eigenvalue weighted by atomic mass is 9.84. The summed E-state index contributed by atoms with van der Waals surface area (Å²) in [4.78, 5) is 9.19. The lowest BCUT2D eigenvalue weighted by Crippen LogP contribution is -2.04. The van der Waals surface area contributed by atoms with Crippen LogP contribution >= 0.6 is 56.5 Å². The number of thiazole rings is 1. The minimum atomic E-state index is 0.326. The van der Waals surface area contributed by atoms with Crippen LogP contribution in [0.4, 0.5) is 5.13 Å². The van der Waals surface area contributed by atoms with Crippen LogP contribution in [0.25, 0.3) is 11.3 Å². The third-order valence-corrected chi connectivity index (χ3v) is 7.53. The molecule has 0 amide bonds. The van der Waals surface area contributed by atoms with E-state index in [-0.39, 0.29) is 0 Å². The Morgan fingerprint density at radius 2 is 1.71 bits per heavy atom. The normalized spacial score (nSPS) is 15.4. The van der Waals surface area contributed by atoms with Crippen LogP contribution in [0.1, 0.15) is 49.1 Å². The standard InChI is InChI=1S/C22H20I2N2OS/c23-18-10-14(11-19(24)21(18)27)12-25-22-26-20(13-28-22)17-8-6-16(7-9-17)15-4-2-1-3-5-15/h6-13,15,27H,1-5H2. The molecule has 6 heteroatoms. The molecule has 1 fully saturated rings. The fourth-order valence-corrected chi connectivity index (χ4v) is 6.09. The molecule has 3 aromatic rings. The van der Waals surface area contributed by atoms with E-state index in [9.17, 15) is 5.11 Å². The van der Waals surface area contributed by atoms with Gasteiger partial charge in [-0.05, 0) is 87.2 Å². The van der Waals surface area contributed by atoms with Gasteiger partial charge in [0.2, 0.25) is 5.13 Å². The zero-order chi connectivity index (χ0) is 19.5. The van der Waals surface area contributed by atoms with E-state index in [0.717, 1.165) is 35.0 Å². The number of nitrogens with zero attached hydrogens (tertiary/aromatic N) is 2. The Bertz CT molecular complexity index is 969. The quantitative estimate of drug-likeness (QED) is 0.244. The van der Waals surface area contributed by atoms with E-state index < -0.39 is 0 Å². The Kier molecular flexibility index (Phi) is 6.67. The Morgan fingerprint density at radius 3 is 2.39 bits per heavy atom. The number of halogens is 2. The van der Waals surface area contributed by atoms with Gasteiger partial charge in [0.1, 0.15) is 5.75 Å². The molecule has 1 aliphatic rings. The Labute approximate surface area is 196 Å². The molecule has 1 aliphatic carbocycles. The minimum absolute atomic E-state index is 0.326. The first-order valence-corrected chi connectivity index (χ1v) is 12.4. The Morgan fingerprint density at radius 1 is 1.04 bits per heavy atom. The van der Waals surface area contributed by atoms with Crippen molar-refractivity contribution in [2.45, 2.75) is 38.0 Å². The second kappa shape index (κ2) is 9.21. The monoisotopic (exact) mass is 614 g/mol. The number of aromatic hydroxyl groups is 1. The van der Waals surface area contributed by atoms with Gasteiger partial charge in [-0.1, -0.05) is 43.5 Å². The van der Waals surface area contributed by atoms with Crippen molar-refractivity contribution in [2.24, 2.45) is 4.99 Å². The molecule has 0 unspecified atom stereocenters. The number of aromatic nitrogens is 1. The van der Waals surface area contributed by atoms with Crippen LogP contribution in [0.2, 0.25) is 0 Å². The summed E-state index contributed by atoms with van der Waals surface area (Å²) in [6.07, 6.45) is 8.56.